The van der Waals surface area contributed by atoms with Gasteiger partial charge in [0.15, 0.2) is 0 Å². The molecule has 3 amide bonds. The summed E-state index contributed by atoms with van der Waals surface area (Å²) >= 11 is 0. The van der Waals surface area contributed by atoms with Crippen LogP contribution in [0.4, 0.5) is 10.5 Å². The molecule has 0 saturated carbocycles. The van der Waals surface area contributed by atoms with E-state index in [1.807, 2.05) is 12.1 Å². The first kappa shape index (κ1) is 16.5. The van der Waals surface area contributed by atoms with Gasteiger partial charge in [-0.2, -0.15) is 0 Å². The first-order chi connectivity index (χ1) is 12.1. The van der Waals surface area contributed by atoms with Crippen LogP contribution < -0.4 is 20.7 Å². The van der Waals surface area contributed by atoms with Crippen molar-refractivity contribution in [3.05, 3.63) is 65.6 Å². The van der Waals surface area contributed by atoms with Crippen LogP contribution in [0.15, 0.2) is 60.1 Å². The third-order valence-corrected chi connectivity index (χ3v) is 3.89. The lowest BCUT2D eigenvalue weighted by molar-refractivity contribution is -0.113. The molecule has 3 rings (SSSR count). The summed E-state index contributed by atoms with van der Waals surface area (Å²) in [4.78, 5) is 28.8. The number of hydrogen-bond donors (Lipinski definition) is 3. The molecule has 3 N–H and O–H groups in total. The number of hydrogen-bond acceptors (Lipinski definition) is 4. The zero-order chi connectivity index (χ0) is 17.8. The number of anilines is 1. The van der Waals surface area contributed by atoms with E-state index in [4.69, 9.17) is 4.74 Å². The van der Waals surface area contributed by atoms with E-state index in [9.17, 15) is 9.59 Å². The standard InChI is InChI=1S/C18H18N4O3/c1-11-15(17(23)21-13-7-3-4-8-14(13)25-2)16(22-18(24)20-11)12-6-5-9-19-10-12/h3-10,16H,1-2H3,(H,21,23)(H2,20,22,24). The molecule has 1 aromatic heterocycles. The van der Waals surface area contributed by atoms with Gasteiger partial charge in [-0.1, -0.05) is 18.2 Å². The van der Waals surface area contributed by atoms with Crippen molar-refractivity contribution in [3.8, 4) is 5.75 Å². The van der Waals surface area contributed by atoms with E-state index in [1.54, 1.807) is 43.6 Å². The molecule has 1 aromatic carbocycles. The van der Waals surface area contributed by atoms with Crippen molar-refractivity contribution in [1.29, 1.82) is 0 Å². The fourth-order valence-electron chi connectivity index (χ4n) is 2.73. The zero-order valence-corrected chi connectivity index (χ0v) is 13.9. The van der Waals surface area contributed by atoms with Crippen LogP contribution >= 0.6 is 0 Å². The Labute approximate surface area is 145 Å². The summed E-state index contributed by atoms with van der Waals surface area (Å²) in [6.45, 7) is 1.69. The van der Waals surface area contributed by atoms with Gasteiger partial charge in [0.2, 0.25) is 0 Å². The van der Waals surface area contributed by atoms with Crippen molar-refractivity contribution >= 4 is 17.6 Å². The quantitative estimate of drug-likeness (QED) is 0.798. The highest BCUT2D eigenvalue weighted by Crippen LogP contribution is 2.29. The molecule has 25 heavy (non-hydrogen) atoms. The molecule has 0 radical (unpaired) electrons. The average Bonchev–Trinajstić information content (AvgIpc) is 2.62. The third kappa shape index (κ3) is 3.45. The SMILES string of the molecule is COc1ccccc1NC(=O)C1=C(C)NC(=O)NC1c1cccnc1. The van der Waals surface area contributed by atoms with E-state index in [1.165, 1.54) is 7.11 Å². The molecule has 128 valence electrons. The summed E-state index contributed by atoms with van der Waals surface area (Å²) in [7, 11) is 1.54. The second-order valence-electron chi connectivity index (χ2n) is 5.51. The number of nitrogens with zero attached hydrogens (tertiary/aromatic N) is 1. The Kier molecular flexibility index (Phi) is 4.65. The molecular formula is C18H18N4O3. The van der Waals surface area contributed by atoms with Crippen molar-refractivity contribution < 1.29 is 14.3 Å². The summed E-state index contributed by atoms with van der Waals surface area (Å²) in [6, 6.07) is 9.76. The van der Waals surface area contributed by atoms with Gasteiger partial charge in [0.1, 0.15) is 5.75 Å². The van der Waals surface area contributed by atoms with Crippen LogP contribution in [0, 0.1) is 0 Å². The number of ether oxygens (including phenoxy) is 1. The lowest BCUT2D eigenvalue weighted by Crippen LogP contribution is -2.46. The molecule has 7 nitrogen and oxygen atoms in total. The Morgan fingerprint density at radius 2 is 2.04 bits per heavy atom. The number of nitrogens with one attached hydrogen (secondary N) is 3. The summed E-state index contributed by atoms with van der Waals surface area (Å²) in [5.74, 6) is 0.225. The molecular weight excluding hydrogens is 320 g/mol. The first-order valence-corrected chi connectivity index (χ1v) is 7.72. The first-order valence-electron chi connectivity index (χ1n) is 7.72. The predicted molar refractivity (Wildman–Crippen MR) is 93.0 cm³/mol. The predicted octanol–water partition coefficient (Wildman–Crippen LogP) is 2.36. The number of urea groups is 1. The number of allylic oxidation sites excluding steroid dienone is 1. The van der Waals surface area contributed by atoms with Crippen LogP contribution in [0.25, 0.3) is 0 Å². The van der Waals surface area contributed by atoms with Crippen molar-refractivity contribution in [1.82, 2.24) is 15.6 Å². The Morgan fingerprint density at radius 3 is 2.76 bits per heavy atom. The highest BCUT2D eigenvalue weighted by molar-refractivity contribution is 6.07. The average molecular weight is 338 g/mol. The Bertz CT molecular complexity index is 833. The van der Waals surface area contributed by atoms with Crippen molar-refractivity contribution in [2.24, 2.45) is 0 Å². The second-order valence-corrected chi connectivity index (χ2v) is 5.51. The number of benzene rings is 1. The monoisotopic (exact) mass is 338 g/mol. The van der Waals surface area contributed by atoms with E-state index < -0.39 is 6.04 Å². The molecule has 0 bridgehead atoms. The van der Waals surface area contributed by atoms with Gasteiger partial charge in [0, 0.05) is 18.1 Å². The molecule has 0 saturated heterocycles. The topological polar surface area (TPSA) is 92.4 Å². The van der Waals surface area contributed by atoms with Gasteiger partial charge >= 0.3 is 6.03 Å². The van der Waals surface area contributed by atoms with Crippen molar-refractivity contribution in [2.45, 2.75) is 13.0 Å². The van der Waals surface area contributed by atoms with E-state index in [-0.39, 0.29) is 11.9 Å². The molecule has 7 heteroatoms. The Morgan fingerprint density at radius 1 is 1.24 bits per heavy atom. The van der Waals surface area contributed by atoms with Gasteiger partial charge in [-0.3, -0.25) is 9.78 Å². The smallest absolute Gasteiger partial charge is 0.319 e. The fraction of sp³-hybridized carbons (Fsp3) is 0.167. The Balaban J connectivity index is 1.95. The van der Waals surface area contributed by atoms with Gasteiger partial charge in [0.05, 0.1) is 24.4 Å². The lowest BCUT2D eigenvalue weighted by Gasteiger charge is -2.28. The molecule has 2 aromatic rings. The molecule has 0 aliphatic carbocycles. The normalized spacial score (nSPS) is 16.7. The van der Waals surface area contributed by atoms with Gasteiger partial charge < -0.3 is 20.7 Å². The highest BCUT2D eigenvalue weighted by Gasteiger charge is 2.31. The van der Waals surface area contributed by atoms with E-state index >= 15 is 0 Å². The van der Waals surface area contributed by atoms with Crippen LogP contribution in [0.3, 0.4) is 0 Å². The molecule has 2 heterocycles. The maximum atomic E-state index is 12.9. The largest absolute Gasteiger partial charge is 0.495 e. The second kappa shape index (κ2) is 7.04. The summed E-state index contributed by atoms with van der Waals surface area (Å²) < 4.78 is 5.26. The van der Waals surface area contributed by atoms with Gasteiger partial charge in [0.25, 0.3) is 5.91 Å². The fourth-order valence-corrected chi connectivity index (χ4v) is 2.73. The summed E-state index contributed by atoms with van der Waals surface area (Å²) in [5, 5.41) is 8.25. The third-order valence-electron chi connectivity index (χ3n) is 3.89. The number of amides is 3. The molecule has 1 unspecified atom stereocenters. The maximum Gasteiger partial charge on any atom is 0.319 e. The van der Waals surface area contributed by atoms with Crippen molar-refractivity contribution in [2.75, 3.05) is 12.4 Å². The van der Waals surface area contributed by atoms with Gasteiger partial charge in [-0.25, -0.2) is 4.79 Å². The molecule has 1 aliphatic heterocycles. The minimum Gasteiger partial charge on any atom is -0.495 e. The van der Waals surface area contributed by atoms with E-state index in [0.717, 1.165) is 5.56 Å². The number of rotatable bonds is 4. The van der Waals surface area contributed by atoms with E-state index in [0.29, 0.717) is 22.7 Å². The van der Waals surface area contributed by atoms with Crippen LogP contribution in [0.5, 0.6) is 5.75 Å². The number of para-hydroxylation sites is 2. The van der Waals surface area contributed by atoms with Crippen LogP contribution in [0.2, 0.25) is 0 Å². The number of carbonyl (C=O) groups excluding carboxylic acids is 2. The molecule has 1 aliphatic rings. The lowest BCUT2D eigenvalue weighted by atomic mass is 9.96. The summed E-state index contributed by atoms with van der Waals surface area (Å²) in [6.07, 6.45) is 3.26. The van der Waals surface area contributed by atoms with Crippen LogP contribution in [-0.2, 0) is 4.79 Å². The number of aromatic nitrogens is 1. The summed E-state index contributed by atoms with van der Waals surface area (Å²) in [5.41, 5.74) is 2.18. The van der Waals surface area contributed by atoms with Gasteiger partial charge in [-0.15, -0.1) is 0 Å². The Hall–Kier alpha value is -3.35. The minimum absolute atomic E-state index is 0.330. The van der Waals surface area contributed by atoms with Crippen LogP contribution in [0.1, 0.15) is 18.5 Å². The highest BCUT2D eigenvalue weighted by atomic mass is 16.5. The van der Waals surface area contributed by atoms with Crippen LogP contribution in [-0.4, -0.2) is 24.0 Å². The van der Waals surface area contributed by atoms with E-state index in [2.05, 4.69) is 20.9 Å². The maximum absolute atomic E-state index is 12.9. The molecule has 1 atom stereocenters. The number of pyridine rings is 1. The molecule has 0 spiro atoms. The number of methoxy groups -OCH3 is 1. The molecule has 0 fully saturated rings. The van der Waals surface area contributed by atoms with Crippen molar-refractivity contribution in [3.63, 3.8) is 0 Å². The minimum atomic E-state index is -0.586. The van der Waals surface area contributed by atoms with Gasteiger partial charge in [-0.05, 0) is 30.7 Å². The number of carbonyl (C=O) groups is 2. The zero-order valence-electron chi connectivity index (χ0n) is 13.9.